The van der Waals surface area contributed by atoms with Gasteiger partial charge in [-0.2, -0.15) is 0 Å². The molecule has 0 fully saturated rings. The molecule has 0 spiro atoms. The lowest BCUT2D eigenvalue weighted by atomic mass is 10.2. The third-order valence-electron chi connectivity index (χ3n) is 3.12. The molecular formula is C14H21ClFNOSi. The van der Waals surface area contributed by atoms with E-state index in [0.29, 0.717) is 28.9 Å². The molecular weight excluding hydrogens is 281 g/mol. The van der Waals surface area contributed by atoms with E-state index in [4.69, 9.17) is 11.6 Å². The van der Waals surface area contributed by atoms with Crippen molar-refractivity contribution >= 4 is 30.8 Å². The molecule has 5 heteroatoms. The van der Waals surface area contributed by atoms with E-state index >= 15 is 0 Å². The molecule has 0 unspecified atom stereocenters. The van der Waals surface area contributed by atoms with Crippen LogP contribution in [0.15, 0.2) is 12.1 Å². The van der Waals surface area contributed by atoms with Crippen LogP contribution >= 0.6 is 11.6 Å². The summed E-state index contributed by atoms with van der Waals surface area (Å²) in [5.41, 5.74) is 0.351. The number of halogens is 2. The first-order chi connectivity index (χ1) is 8.73. The Morgan fingerprint density at radius 2 is 1.79 bits per heavy atom. The van der Waals surface area contributed by atoms with Crippen molar-refractivity contribution in [2.24, 2.45) is 0 Å². The Hall–Kier alpha value is -0.873. The monoisotopic (exact) mass is 301 g/mol. The van der Waals surface area contributed by atoms with Crippen LogP contribution in [0, 0.1) is 5.82 Å². The summed E-state index contributed by atoms with van der Waals surface area (Å²) in [6.45, 7) is 11.0. The van der Waals surface area contributed by atoms with E-state index < -0.39 is 8.07 Å². The van der Waals surface area contributed by atoms with Crippen molar-refractivity contribution in [1.29, 1.82) is 0 Å². The number of hydrogen-bond acceptors (Lipinski definition) is 1. The van der Waals surface area contributed by atoms with Gasteiger partial charge < -0.3 is 4.90 Å². The van der Waals surface area contributed by atoms with Crippen LogP contribution in [0.1, 0.15) is 24.2 Å². The maximum atomic E-state index is 14.2. The maximum Gasteiger partial charge on any atom is 0.255 e. The molecule has 0 aromatic heterocycles. The van der Waals surface area contributed by atoms with Crippen LogP contribution in [0.3, 0.4) is 0 Å². The highest BCUT2D eigenvalue weighted by molar-refractivity contribution is 6.89. The van der Waals surface area contributed by atoms with E-state index in [-0.39, 0.29) is 11.7 Å². The van der Waals surface area contributed by atoms with E-state index in [2.05, 4.69) is 0 Å². The minimum atomic E-state index is -1.99. The van der Waals surface area contributed by atoms with E-state index in [1.807, 2.05) is 33.5 Å². The molecule has 1 aromatic rings. The Morgan fingerprint density at radius 1 is 1.26 bits per heavy atom. The van der Waals surface area contributed by atoms with Gasteiger partial charge in [0.2, 0.25) is 0 Å². The van der Waals surface area contributed by atoms with Gasteiger partial charge in [-0.1, -0.05) is 31.2 Å². The summed E-state index contributed by atoms with van der Waals surface area (Å²) in [4.78, 5) is 14.2. The SMILES string of the molecule is CCN(CC)C(=O)c1c(Cl)ccc(F)c1[Si](C)(C)C. The van der Waals surface area contributed by atoms with Crippen LogP contribution in [-0.2, 0) is 0 Å². The molecule has 0 aliphatic carbocycles. The average Bonchev–Trinajstić information content (AvgIpc) is 2.31. The Labute approximate surface area is 120 Å². The molecule has 2 nitrogen and oxygen atoms in total. The number of hydrogen-bond donors (Lipinski definition) is 0. The Bertz CT molecular complexity index is 481. The topological polar surface area (TPSA) is 20.3 Å². The number of nitrogens with zero attached hydrogens (tertiary/aromatic N) is 1. The van der Waals surface area contributed by atoms with Crippen LogP contribution in [0.5, 0.6) is 0 Å². The van der Waals surface area contributed by atoms with Gasteiger partial charge in [0, 0.05) is 13.1 Å². The zero-order chi connectivity index (χ0) is 14.8. The number of benzene rings is 1. The van der Waals surface area contributed by atoms with Crippen LogP contribution in [0.4, 0.5) is 4.39 Å². The van der Waals surface area contributed by atoms with Gasteiger partial charge >= 0.3 is 0 Å². The van der Waals surface area contributed by atoms with Crippen molar-refractivity contribution in [2.45, 2.75) is 33.5 Å². The van der Waals surface area contributed by atoms with Crippen molar-refractivity contribution in [3.8, 4) is 0 Å². The fraction of sp³-hybridized carbons (Fsp3) is 0.500. The molecule has 0 saturated carbocycles. The number of amides is 1. The van der Waals surface area contributed by atoms with E-state index in [1.165, 1.54) is 12.1 Å². The largest absolute Gasteiger partial charge is 0.339 e. The lowest BCUT2D eigenvalue weighted by Gasteiger charge is -2.26. The molecule has 0 atom stereocenters. The lowest BCUT2D eigenvalue weighted by molar-refractivity contribution is 0.0774. The first-order valence-corrected chi connectivity index (χ1v) is 10.4. The van der Waals surface area contributed by atoms with Crippen molar-refractivity contribution in [2.75, 3.05) is 13.1 Å². The van der Waals surface area contributed by atoms with Crippen LogP contribution in [0.25, 0.3) is 0 Å². The van der Waals surface area contributed by atoms with Crippen molar-refractivity contribution in [1.82, 2.24) is 4.90 Å². The zero-order valence-corrected chi connectivity index (χ0v) is 13.9. The van der Waals surface area contributed by atoms with Crippen LogP contribution in [-0.4, -0.2) is 32.0 Å². The standard InChI is InChI=1S/C14H21ClFNOSi/c1-6-17(7-2)14(18)12-10(15)8-9-11(16)13(12)19(3,4)5/h8-9H,6-7H2,1-5H3. The highest BCUT2D eigenvalue weighted by Crippen LogP contribution is 2.21. The van der Waals surface area contributed by atoms with Gasteiger partial charge in [-0.3, -0.25) is 4.79 Å². The number of carbonyl (C=O) groups is 1. The van der Waals surface area contributed by atoms with Gasteiger partial charge in [0.15, 0.2) is 0 Å². The molecule has 0 saturated heterocycles. The molecule has 1 aromatic carbocycles. The molecule has 1 amide bonds. The van der Waals surface area contributed by atoms with Crippen LogP contribution in [0.2, 0.25) is 24.7 Å². The highest BCUT2D eigenvalue weighted by Gasteiger charge is 2.30. The zero-order valence-electron chi connectivity index (χ0n) is 12.2. The van der Waals surface area contributed by atoms with Gasteiger partial charge in [0.25, 0.3) is 5.91 Å². The summed E-state index contributed by atoms with van der Waals surface area (Å²) in [6, 6.07) is 2.83. The highest BCUT2D eigenvalue weighted by atomic mass is 35.5. The third kappa shape index (κ3) is 3.36. The first kappa shape index (κ1) is 16.2. The minimum absolute atomic E-state index is 0.174. The summed E-state index contributed by atoms with van der Waals surface area (Å²) in [5.74, 6) is -0.494. The van der Waals surface area contributed by atoms with Gasteiger partial charge in [-0.15, -0.1) is 0 Å². The van der Waals surface area contributed by atoms with Gasteiger partial charge in [0.05, 0.1) is 18.7 Å². The third-order valence-corrected chi connectivity index (χ3v) is 5.42. The molecule has 0 aliphatic heterocycles. The molecule has 0 radical (unpaired) electrons. The normalized spacial score (nSPS) is 11.5. The number of rotatable bonds is 4. The molecule has 0 bridgehead atoms. The number of carbonyl (C=O) groups excluding carboxylic acids is 1. The smallest absolute Gasteiger partial charge is 0.255 e. The second kappa shape index (κ2) is 6.05. The fourth-order valence-corrected chi connectivity index (χ4v) is 4.27. The maximum absolute atomic E-state index is 14.2. The van der Waals surface area contributed by atoms with Crippen molar-refractivity contribution in [3.05, 3.63) is 28.5 Å². The molecule has 19 heavy (non-hydrogen) atoms. The van der Waals surface area contributed by atoms with Crippen molar-refractivity contribution in [3.63, 3.8) is 0 Å². The Balaban J connectivity index is 3.50. The van der Waals surface area contributed by atoms with E-state index in [1.54, 1.807) is 4.90 Å². The average molecular weight is 302 g/mol. The van der Waals surface area contributed by atoms with Crippen LogP contribution < -0.4 is 5.19 Å². The summed E-state index contributed by atoms with van der Waals surface area (Å²) in [6.07, 6.45) is 0. The molecule has 0 N–H and O–H groups in total. The second-order valence-corrected chi connectivity index (χ2v) is 10.9. The first-order valence-electron chi connectivity index (χ1n) is 6.51. The van der Waals surface area contributed by atoms with Crippen molar-refractivity contribution < 1.29 is 9.18 Å². The summed E-state index contributed by atoms with van der Waals surface area (Å²) in [7, 11) is -1.99. The second-order valence-electron chi connectivity index (χ2n) is 5.51. The van der Waals surface area contributed by atoms with Gasteiger partial charge in [-0.25, -0.2) is 4.39 Å². The summed E-state index contributed by atoms with van der Waals surface area (Å²) in [5, 5.41) is 0.868. The summed E-state index contributed by atoms with van der Waals surface area (Å²) >= 11 is 6.17. The lowest BCUT2D eigenvalue weighted by Crippen LogP contribution is -2.46. The Morgan fingerprint density at radius 3 is 2.21 bits per heavy atom. The molecule has 106 valence electrons. The molecule has 1 rings (SSSR count). The quantitative estimate of drug-likeness (QED) is 0.779. The summed E-state index contributed by atoms with van der Waals surface area (Å²) < 4.78 is 14.2. The predicted octanol–water partition coefficient (Wildman–Crippen LogP) is 3.51. The molecule has 0 heterocycles. The van der Waals surface area contributed by atoms with Gasteiger partial charge in [-0.05, 0) is 31.2 Å². The minimum Gasteiger partial charge on any atom is -0.339 e. The van der Waals surface area contributed by atoms with E-state index in [0.717, 1.165) is 0 Å². The van der Waals surface area contributed by atoms with Gasteiger partial charge in [0.1, 0.15) is 5.82 Å². The fourth-order valence-electron chi connectivity index (χ4n) is 2.16. The Kier molecular flexibility index (Phi) is 5.16. The predicted molar refractivity (Wildman–Crippen MR) is 81.6 cm³/mol. The molecule has 0 aliphatic rings. The van der Waals surface area contributed by atoms with E-state index in [9.17, 15) is 9.18 Å².